The molecule has 0 aliphatic carbocycles. The standard InChI is InChI=1S/C7H8O.C5H4ClNO2/c1-8-7-5-3-2-4-6-7;1-3-4(5(6)8)2-7-9-3/h2-6H,1H3;2H,1H3. The average Bonchev–Trinajstić information content (AvgIpc) is 2.77. The smallest absolute Gasteiger partial charge is 0.257 e. The molecule has 90 valence electrons. The number of carbonyl (C=O) groups excluding carboxylic acids is 1. The van der Waals surface area contributed by atoms with Gasteiger partial charge < -0.3 is 9.26 Å². The largest absolute Gasteiger partial charge is 0.497 e. The highest BCUT2D eigenvalue weighted by Crippen LogP contribution is 2.08. The predicted molar refractivity (Wildman–Crippen MR) is 64.4 cm³/mol. The lowest BCUT2D eigenvalue weighted by molar-refractivity contribution is 0.108. The number of ether oxygens (including phenoxy) is 1. The van der Waals surface area contributed by atoms with Crippen molar-refractivity contribution in [1.29, 1.82) is 0 Å². The van der Waals surface area contributed by atoms with Gasteiger partial charge in [-0.05, 0) is 30.7 Å². The second-order valence-electron chi connectivity index (χ2n) is 3.09. The molecule has 0 unspecified atom stereocenters. The Hall–Kier alpha value is -1.81. The number of aryl methyl sites for hydroxylation is 1. The van der Waals surface area contributed by atoms with Crippen molar-refractivity contribution in [2.45, 2.75) is 6.92 Å². The molecule has 0 spiro atoms. The molecule has 2 aromatic rings. The van der Waals surface area contributed by atoms with Gasteiger partial charge in [-0.25, -0.2) is 0 Å². The first kappa shape index (κ1) is 13.3. The molecule has 0 amide bonds. The Morgan fingerprint density at radius 3 is 2.29 bits per heavy atom. The molecule has 0 saturated carbocycles. The molecular formula is C12H12ClNO3. The fourth-order valence-corrected chi connectivity index (χ4v) is 1.23. The summed E-state index contributed by atoms with van der Waals surface area (Å²) >= 11 is 5.11. The Morgan fingerprint density at radius 2 is 2.00 bits per heavy atom. The quantitative estimate of drug-likeness (QED) is 0.772. The third kappa shape index (κ3) is 4.28. The highest BCUT2D eigenvalue weighted by molar-refractivity contribution is 6.67. The Kier molecular flexibility index (Phi) is 5.23. The van der Waals surface area contributed by atoms with Crippen molar-refractivity contribution in [3.8, 4) is 5.75 Å². The first-order valence-electron chi connectivity index (χ1n) is 4.85. The zero-order valence-corrected chi connectivity index (χ0v) is 10.3. The third-order valence-corrected chi connectivity index (χ3v) is 2.14. The van der Waals surface area contributed by atoms with E-state index in [1.165, 1.54) is 6.20 Å². The molecule has 0 bridgehead atoms. The summed E-state index contributed by atoms with van der Waals surface area (Å²) in [6.45, 7) is 1.63. The summed E-state index contributed by atoms with van der Waals surface area (Å²) in [6.07, 6.45) is 1.30. The van der Waals surface area contributed by atoms with Crippen LogP contribution in [0, 0.1) is 6.92 Å². The van der Waals surface area contributed by atoms with Crippen LogP contribution < -0.4 is 4.74 Å². The molecule has 5 heteroatoms. The Balaban J connectivity index is 0.000000171. The predicted octanol–water partition coefficient (Wildman–Crippen LogP) is 3.06. The minimum atomic E-state index is -0.534. The topological polar surface area (TPSA) is 52.3 Å². The van der Waals surface area contributed by atoms with Crippen LogP contribution in [0.5, 0.6) is 5.75 Å². The monoisotopic (exact) mass is 253 g/mol. The molecule has 1 heterocycles. The molecule has 0 aliphatic heterocycles. The van der Waals surface area contributed by atoms with Crippen LogP contribution in [-0.4, -0.2) is 17.5 Å². The lowest BCUT2D eigenvalue weighted by Crippen LogP contribution is -1.86. The Morgan fingerprint density at radius 1 is 1.35 bits per heavy atom. The zero-order chi connectivity index (χ0) is 12.7. The van der Waals surface area contributed by atoms with E-state index in [0.29, 0.717) is 11.3 Å². The molecule has 4 nitrogen and oxygen atoms in total. The van der Waals surface area contributed by atoms with E-state index in [-0.39, 0.29) is 0 Å². The second kappa shape index (κ2) is 6.70. The molecule has 1 aromatic carbocycles. The highest BCUT2D eigenvalue weighted by Gasteiger charge is 2.08. The Bertz CT molecular complexity index is 468. The van der Waals surface area contributed by atoms with Gasteiger partial charge in [-0.3, -0.25) is 4.79 Å². The van der Waals surface area contributed by atoms with E-state index in [1.54, 1.807) is 14.0 Å². The maximum atomic E-state index is 10.4. The van der Waals surface area contributed by atoms with Gasteiger partial charge in [-0.15, -0.1) is 0 Å². The Labute approximate surface area is 104 Å². The molecule has 1 aromatic heterocycles. The number of hydrogen-bond acceptors (Lipinski definition) is 4. The van der Waals surface area contributed by atoms with E-state index in [4.69, 9.17) is 16.3 Å². The minimum Gasteiger partial charge on any atom is -0.497 e. The van der Waals surface area contributed by atoms with E-state index in [9.17, 15) is 4.79 Å². The molecular weight excluding hydrogens is 242 g/mol. The number of benzene rings is 1. The van der Waals surface area contributed by atoms with Crippen molar-refractivity contribution in [3.63, 3.8) is 0 Å². The van der Waals surface area contributed by atoms with Gasteiger partial charge in [0, 0.05) is 0 Å². The summed E-state index contributed by atoms with van der Waals surface area (Å²) in [5.41, 5.74) is 0.330. The van der Waals surface area contributed by atoms with E-state index in [0.717, 1.165) is 5.75 Å². The van der Waals surface area contributed by atoms with Crippen molar-refractivity contribution in [1.82, 2.24) is 5.16 Å². The van der Waals surface area contributed by atoms with Crippen LogP contribution >= 0.6 is 11.6 Å². The molecule has 0 N–H and O–H groups in total. The third-order valence-electron chi connectivity index (χ3n) is 1.94. The second-order valence-corrected chi connectivity index (χ2v) is 3.43. The number of aromatic nitrogens is 1. The molecule has 0 aliphatic rings. The van der Waals surface area contributed by atoms with Crippen LogP contribution in [-0.2, 0) is 0 Å². The number of nitrogens with zero attached hydrogens (tertiary/aromatic N) is 1. The van der Waals surface area contributed by atoms with Crippen LogP contribution in [0.25, 0.3) is 0 Å². The van der Waals surface area contributed by atoms with Gasteiger partial charge in [0.05, 0.1) is 18.9 Å². The molecule has 17 heavy (non-hydrogen) atoms. The zero-order valence-electron chi connectivity index (χ0n) is 9.51. The van der Waals surface area contributed by atoms with Crippen LogP contribution in [0.4, 0.5) is 0 Å². The van der Waals surface area contributed by atoms with E-state index >= 15 is 0 Å². The van der Waals surface area contributed by atoms with Gasteiger partial charge in [-0.2, -0.15) is 0 Å². The van der Waals surface area contributed by atoms with Gasteiger partial charge in [-0.1, -0.05) is 23.4 Å². The van der Waals surface area contributed by atoms with E-state index < -0.39 is 5.24 Å². The fourth-order valence-electron chi connectivity index (χ4n) is 1.04. The number of hydrogen-bond donors (Lipinski definition) is 0. The lowest BCUT2D eigenvalue weighted by atomic mass is 10.3. The first-order valence-corrected chi connectivity index (χ1v) is 5.23. The summed E-state index contributed by atoms with van der Waals surface area (Å²) in [5.74, 6) is 1.36. The summed E-state index contributed by atoms with van der Waals surface area (Å²) in [4.78, 5) is 10.4. The molecule has 0 saturated heterocycles. The number of carbonyl (C=O) groups is 1. The van der Waals surface area contributed by atoms with Crippen molar-refractivity contribution >= 4 is 16.8 Å². The number of rotatable bonds is 2. The SMILES string of the molecule is COc1ccccc1.Cc1oncc1C(=O)Cl. The average molecular weight is 254 g/mol. The normalized spacial score (nSPS) is 9.12. The van der Waals surface area contributed by atoms with Gasteiger partial charge >= 0.3 is 0 Å². The highest BCUT2D eigenvalue weighted by atomic mass is 35.5. The van der Waals surface area contributed by atoms with Gasteiger partial charge in [0.2, 0.25) is 0 Å². The number of halogens is 1. The van der Waals surface area contributed by atoms with Crippen molar-refractivity contribution in [2.75, 3.05) is 7.11 Å². The minimum absolute atomic E-state index is 0.330. The van der Waals surface area contributed by atoms with Crippen LogP contribution in [0.3, 0.4) is 0 Å². The fraction of sp³-hybridized carbons (Fsp3) is 0.167. The van der Waals surface area contributed by atoms with Gasteiger partial charge in [0.25, 0.3) is 5.24 Å². The van der Waals surface area contributed by atoms with E-state index in [2.05, 4.69) is 9.68 Å². The van der Waals surface area contributed by atoms with Crippen molar-refractivity contribution < 1.29 is 14.1 Å². The molecule has 0 atom stereocenters. The van der Waals surface area contributed by atoms with Crippen LogP contribution in [0.2, 0.25) is 0 Å². The molecule has 0 radical (unpaired) electrons. The summed E-state index contributed by atoms with van der Waals surface area (Å²) < 4.78 is 9.48. The summed E-state index contributed by atoms with van der Waals surface area (Å²) in [5, 5.41) is 2.83. The summed E-state index contributed by atoms with van der Waals surface area (Å²) in [6, 6.07) is 9.68. The van der Waals surface area contributed by atoms with E-state index in [1.807, 2.05) is 30.3 Å². The number of para-hydroxylation sites is 1. The lowest BCUT2D eigenvalue weighted by Gasteiger charge is -1.93. The maximum absolute atomic E-state index is 10.4. The van der Waals surface area contributed by atoms with Crippen molar-refractivity contribution in [3.05, 3.63) is 47.9 Å². The first-order chi connectivity index (χ1) is 8.15. The molecule has 2 rings (SSSR count). The van der Waals surface area contributed by atoms with Crippen LogP contribution in [0.1, 0.15) is 16.1 Å². The summed E-state index contributed by atoms with van der Waals surface area (Å²) in [7, 11) is 1.66. The number of methoxy groups -OCH3 is 1. The van der Waals surface area contributed by atoms with Crippen LogP contribution in [0.15, 0.2) is 41.1 Å². The van der Waals surface area contributed by atoms with Gasteiger partial charge in [0.1, 0.15) is 11.5 Å². The van der Waals surface area contributed by atoms with Crippen molar-refractivity contribution in [2.24, 2.45) is 0 Å². The van der Waals surface area contributed by atoms with Gasteiger partial charge in [0.15, 0.2) is 0 Å². The maximum Gasteiger partial charge on any atom is 0.257 e. The molecule has 0 fully saturated rings.